The Morgan fingerprint density at radius 3 is 2.43 bits per heavy atom. The van der Waals surface area contributed by atoms with Crippen LogP contribution in [-0.2, 0) is 9.84 Å². The van der Waals surface area contributed by atoms with Crippen LogP contribution in [0.15, 0.2) is 33.9 Å². The summed E-state index contributed by atoms with van der Waals surface area (Å²) in [7, 11) is -3.60. The summed E-state index contributed by atoms with van der Waals surface area (Å²) in [5.74, 6) is -0.957. The number of nitrogens with zero attached hydrogens (tertiary/aromatic N) is 2. The number of aromatic nitrogens is 2. The van der Waals surface area contributed by atoms with Gasteiger partial charge in [0.2, 0.25) is 15.7 Å². The highest BCUT2D eigenvalue weighted by atomic mass is 32.2. The molecule has 1 atom stereocenters. The first kappa shape index (κ1) is 15.1. The highest BCUT2D eigenvalue weighted by molar-refractivity contribution is 7.90. The minimum absolute atomic E-state index is 0.0362. The second kappa shape index (κ2) is 5.60. The fraction of sp³-hybridized carbons (Fsp3) is 0.250. The van der Waals surface area contributed by atoms with Crippen molar-refractivity contribution in [1.29, 1.82) is 0 Å². The summed E-state index contributed by atoms with van der Waals surface area (Å²) in [5, 5.41) is 9.00. The second-order valence-corrected chi connectivity index (χ2v) is 6.27. The minimum atomic E-state index is -3.60. The van der Waals surface area contributed by atoms with Crippen LogP contribution in [0.25, 0.3) is 0 Å². The molecule has 0 saturated carbocycles. The standard InChI is InChI=1S/C12H12FN3O4S/c1-7(11-15-16-12(20-11)21(2,18)19)14-10(17)8-3-5-9(13)6-4-8/h3-7H,1-2H3,(H,14,17)/t7-/m0/s1. The summed E-state index contributed by atoms with van der Waals surface area (Å²) in [6.07, 6.45) is 0.937. The van der Waals surface area contributed by atoms with Gasteiger partial charge in [-0.2, -0.15) is 0 Å². The Morgan fingerprint density at radius 1 is 1.29 bits per heavy atom. The number of sulfone groups is 1. The maximum atomic E-state index is 12.8. The van der Waals surface area contributed by atoms with E-state index in [1.54, 1.807) is 6.92 Å². The molecular weight excluding hydrogens is 301 g/mol. The topological polar surface area (TPSA) is 102 Å². The number of hydrogen-bond donors (Lipinski definition) is 1. The summed E-state index contributed by atoms with van der Waals surface area (Å²) in [5.41, 5.74) is 0.256. The normalized spacial score (nSPS) is 12.9. The van der Waals surface area contributed by atoms with Gasteiger partial charge in [-0.25, -0.2) is 12.8 Å². The van der Waals surface area contributed by atoms with E-state index < -0.39 is 32.8 Å². The summed E-state index contributed by atoms with van der Waals surface area (Å²) in [6.45, 7) is 1.56. The van der Waals surface area contributed by atoms with Gasteiger partial charge in [0.15, 0.2) is 0 Å². The van der Waals surface area contributed by atoms with Crippen molar-refractivity contribution in [3.63, 3.8) is 0 Å². The van der Waals surface area contributed by atoms with E-state index in [1.807, 2.05) is 0 Å². The lowest BCUT2D eigenvalue weighted by Gasteiger charge is -2.09. The van der Waals surface area contributed by atoms with Crippen LogP contribution in [0, 0.1) is 5.82 Å². The summed E-state index contributed by atoms with van der Waals surface area (Å²) < 4.78 is 40.2. The molecule has 0 spiro atoms. The van der Waals surface area contributed by atoms with Gasteiger partial charge in [0.25, 0.3) is 5.91 Å². The van der Waals surface area contributed by atoms with Gasteiger partial charge >= 0.3 is 5.22 Å². The van der Waals surface area contributed by atoms with E-state index in [2.05, 4.69) is 15.5 Å². The third-order valence-electron chi connectivity index (χ3n) is 2.56. The predicted octanol–water partition coefficient (Wildman–Crippen LogP) is 1.10. The zero-order chi connectivity index (χ0) is 15.6. The molecule has 112 valence electrons. The molecule has 21 heavy (non-hydrogen) atoms. The van der Waals surface area contributed by atoms with Crippen LogP contribution < -0.4 is 5.32 Å². The predicted molar refractivity (Wildman–Crippen MR) is 69.7 cm³/mol. The number of hydrogen-bond acceptors (Lipinski definition) is 6. The molecule has 0 unspecified atom stereocenters. The molecule has 1 N–H and O–H groups in total. The second-order valence-electron chi connectivity index (χ2n) is 4.38. The number of carbonyl (C=O) groups excluding carboxylic acids is 1. The number of rotatable bonds is 4. The molecule has 1 aromatic heterocycles. The quantitative estimate of drug-likeness (QED) is 0.907. The molecule has 1 aromatic carbocycles. The summed E-state index contributed by atoms with van der Waals surface area (Å²) >= 11 is 0. The molecule has 0 bridgehead atoms. The fourth-order valence-corrected chi connectivity index (χ4v) is 1.91. The zero-order valence-electron chi connectivity index (χ0n) is 11.2. The van der Waals surface area contributed by atoms with E-state index in [-0.39, 0.29) is 11.5 Å². The smallest absolute Gasteiger partial charge is 0.335 e. The Morgan fingerprint density at radius 2 is 1.90 bits per heavy atom. The van der Waals surface area contributed by atoms with Crippen LogP contribution >= 0.6 is 0 Å². The highest BCUT2D eigenvalue weighted by Crippen LogP contribution is 2.14. The van der Waals surface area contributed by atoms with E-state index in [4.69, 9.17) is 4.42 Å². The van der Waals surface area contributed by atoms with Crippen molar-refractivity contribution in [3.05, 3.63) is 41.5 Å². The van der Waals surface area contributed by atoms with E-state index >= 15 is 0 Å². The van der Waals surface area contributed by atoms with Gasteiger partial charge in [-0.1, -0.05) is 5.10 Å². The van der Waals surface area contributed by atoms with Crippen LogP contribution in [0.2, 0.25) is 0 Å². The van der Waals surface area contributed by atoms with Crippen LogP contribution in [-0.4, -0.2) is 30.8 Å². The molecular formula is C12H12FN3O4S. The minimum Gasteiger partial charge on any atom is -0.410 e. The van der Waals surface area contributed by atoms with Gasteiger partial charge in [-0.3, -0.25) is 4.79 Å². The van der Waals surface area contributed by atoms with Crippen LogP contribution in [0.1, 0.15) is 29.2 Å². The Bertz CT molecular complexity index is 755. The monoisotopic (exact) mass is 313 g/mol. The van der Waals surface area contributed by atoms with Crippen molar-refractivity contribution in [2.75, 3.05) is 6.26 Å². The van der Waals surface area contributed by atoms with Crippen LogP contribution in [0.4, 0.5) is 4.39 Å². The van der Waals surface area contributed by atoms with Crippen molar-refractivity contribution in [3.8, 4) is 0 Å². The molecule has 9 heteroatoms. The highest BCUT2D eigenvalue weighted by Gasteiger charge is 2.21. The summed E-state index contributed by atoms with van der Waals surface area (Å²) in [6, 6.07) is 4.29. The number of carbonyl (C=O) groups is 1. The van der Waals surface area contributed by atoms with E-state index in [1.165, 1.54) is 12.1 Å². The largest absolute Gasteiger partial charge is 0.410 e. The molecule has 2 rings (SSSR count). The molecule has 0 fully saturated rings. The van der Waals surface area contributed by atoms with Gasteiger partial charge in [-0.15, -0.1) is 5.10 Å². The molecule has 2 aromatic rings. The summed E-state index contributed by atoms with van der Waals surface area (Å²) in [4.78, 5) is 11.9. The molecule has 0 aliphatic rings. The molecule has 7 nitrogen and oxygen atoms in total. The Hall–Kier alpha value is -2.29. The van der Waals surface area contributed by atoms with Gasteiger partial charge in [0, 0.05) is 11.8 Å². The molecule has 1 amide bonds. The van der Waals surface area contributed by atoms with E-state index in [9.17, 15) is 17.6 Å². The van der Waals surface area contributed by atoms with Crippen molar-refractivity contribution in [2.45, 2.75) is 18.2 Å². The number of nitrogens with one attached hydrogen (secondary N) is 1. The fourth-order valence-electron chi connectivity index (χ4n) is 1.49. The van der Waals surface area contributed by atoms with Crippen LogP contribution in [0.3, 0.4) is 0 Å². The average molecular weight is 313 g/mol. The Kier molecular flexibility index (Phi) is 4.03. The third-order valence-corrected chi connectivity index (χ3v) is 3.36. The first-order valence-electron chi connectivity index (χ1n) is 5.87. The SMILES string of the molecule is C[C@H](NC(=O)c1ccc(F)cc1)c1nnc(S(C)(=O)=O)o1. The third kappa shape index (κ3) is 3.63. The van der Waals surface area contributed by atoms with Crippen molar-refractivity contribution < 1.29 is 22.0 Å². The van der Waals surface area contributed by atoms with Gasteiger partial charge in [0.05, 0.1) is 0 Å². The number of benzene rings is 1. The van der Waals surface area contributed by atoms with Gasteiger partial charge in [0.1, 0.15) is 11.9 Å². The van der Waals surface area contributed by atoms with Gasteiger partial charge in [-0.05, 0) is 31.2 Å². The van der Waals surface area contributed by atoms with E-state index in [0.717, 1.165) is 18.4 Å². The van der Waals surface area contributed by atoms with Crippen LogP contribution in [0.5, 0.6) is 0 Å². The lowest BCUT2D eigenvalue weighted by Crippen LogP contribution is -2.26. The zero-order valence-corrected chi connectivity index (χ0v) is 12.0. The van der Waals surface area contributed by atoms with Crippen molar-refractivity contribution in [1.82, 2.24) is 15.5 Å². The molecule has 0 aliphatic carbocycles. The Labute approximate surface area is 120 Å². The molecule has 0 radical (unpaired) electrons. The van der Waals surface area contributed by atoms with Crippen molar-refractivity contribution in [2.24, 2.45) is 0 Å². The molecule has 0 saturated heterocycles. The number of amides is 1. The van der Waals surface area contributed by atoms with E-state index in [0.29, 0.717) is 0 Å². The molecule has 0 aliphatic heterocycles. The molecule has 1 heterocycles. The lowest BCUT2D eigenvalue weighted by atomic mass is 10.2. The Balaban J connectivity index is 2.11. The lowest BCUT2D eigenvalue weighted by molar-refractivity contribution is 0.0933. The van der Waals surface area contributed by atoms with Crippen molar-refractivity contribution >= 4 is 15.7 Å². The average Bonchev–Trinajstić information content (AvgIpc) is 2.88. The van der Waals surface area contributed by atoms with Gasteiger partial charge < -0.3 is 9.73 Å². The first-order valence-corrected chi connectivity index (χ1v) is 7.76. The number of halogens is 1. The first-order chi connectivity index (χ1) is 9.77. The maximum absolute atomic E-state index is 12.8. The maximum Gasteiger partial charge on any atom is 0.335 e.